The average Bonchev–Trinajstić information content (AvgIpc) is 3.03. The van der Waals surface area contributed by atoms with Gasteiger partial charge in [-0.1, -0.05) is 59.9 Å². The van der Waals surface area contributed by atoms with Gasteiger partial charge in [0.1, 0.15) is 11.5 Å². The smallest absolute Gasteiger partial charge is 0.160 e. The molecule has 0 amide bonds. The first-order chi connectivity index (χ1) is 19.8. The zero-order valence-corrected chi connectivity index (χ0v) is 25.5. The first-order valence-corrected chi connectivity index (χ1v) is 13.5. The molecule has 6 aromatic carbocycles. The topological polar surface area (TPSA) is 24.9 Å². The Kier molecular flexibility index (Phi) is 8.22. The molecule has 5 heteroatoms. The van der Waals surface area contributed by atoms with Crippen LogP contribution < -0.4 is 19.3 Å². The summed E-state index contributed by atoms with van der Waals surface area (Å²) in [6.07, 6.45) is 0. The fraction of sp³-hybridized carbons (Fsp3) is 0.111. The van der Waals surface area contributed by atoms with Crippen LogP contribution in [0.2, 0.25) is 0 Å². The van der Waals surface area contributed by atoms with Crippen LogP contribution in [0.3, 0.4) is 0 Å². The molecule has 0 atom stereocenters. The fourth-order valence-electron chi connectivity index (χ4n) is 5.36. The van der Waals surface area contributed by atoms with E-state index in [4.69, 9.17) is 9.47 Å². The number of ether oxygens (including phenoxy) is 2. The molecule has 0 bridgehead atoms. The van der Waals surface area contributed by atoms with Crippen LogP contribution in [0, 0.1) is 12.1 Å². The average molecular weight is 610 g/mol. The molecule has 0 aromatic heterocycles. The Morgan fingerprint density at radius 1 is 0.488 bits per heavy atom. The predicted molar refractivity (Wildman–Crippen MR) is 162 cm³/mol. The maximum absolute atomic E-state index is 5.91. The van der Waals surface area contributed by atoms with E-state index in [-0.39, 0.29) is 32.7 Å². The minimum Gasteiger partial charge on any atom is -0.473 e. The molecule has 8 rings (SSSR count). The van der Waals surface area contributed by atoms with E-state index in [1.165, 1.54) is 44.0 Å². The van der Waals surface area contributed by atoms with Crippen molar-refractivity contribution in [3.8, 4) is 11.5 Å². The quantitative estimate of drug-likeness (QED) is 0.186. The largest absolute Gasteiger partial charge is 0.473 e. The molecule has 0 saturated heterocycles. The first-order valence-electron chi connectivity index (χ1n) is 13.5. The van der Waals surface area contributed by atoms with E-state index in [1.807, 2.05) is 24.3 Å². The van der Waals surface area contributed by atoms with E-state index in [9.17, 15) is 0 Å². The number of benzene rings is 6. The Labute approximate surface area is 266 Å². The van der Waals surface area contributed by atoms with E-state index in [2.05, 4.69) is 119 Å². The van der Waals surface area contributed by atoms with E-state index in [0.717, 1.165) is 24.6 Å². The zero-order valence-electron chi connectivity index (χ0n) is 22.7. The van der Waals surface area contributed by atoms with Crippen molar-refractivity contribution in [3.63, 3.8) is 0 Å². The Morgan fingerprint density at radius 2 is 0.854 bits per heavy atom. The second-order valence-corrected chi connectivity index (χ2v) is 10.1. The van der Waals surface area contributed by atoms with Crippen LogP contribution in [0.25, 0.3) is 21.5 Å². The van der Waals surface area contributed by atoms with Crippen molar-refractivity contribution in [1.29, 1.82) is 0 Å². The summed E-state index contributed by atoms with van der Waals surface area (Å²) in [5, 5.41) is 4.99. The molecular weight excluding hydrogens is 581 g/mol. The minimum atomic E-state index is 0. The summed E-state index contributed by atoms with van der Waals surface area (Å²) < 4.78 is 11.8. The van der Waals surface area contributed by atoms with Crippen molar-refractivity contribution < 1.29 is 42.2 Å². The van der Waals surface area contributed by atoms with Crippen molar-refractivity contribution in [2.24, 2.45) is 0 Å². The number of fused-ring (bicyclic) bond motifs is 4. The van der Waals surface area contributed by atoms with E-state index >= 15 is 0 Å². The van der Waals surface area contributed by atoms with Gasteiger partial charge < -0.3 is 19.3 Å². The van der Waals surface area contributed by atoms with E-state index < -0.39 is 0 Å². The number of nitrogens with zero attached hydrogens (tertiary/aromatic N) is 2. The monoisotopic (exact) mass is 609 g/mol. The van der Waals surface area contributed by atoms with Crippen molar-refractivity contribution in [2.45, 2.75) is 13.1 Å². The molecule has 1 radical (unpaired) electrons. The number of hydrogen-bond donors (Lipinski definition) is 0. The summed E-state index contributed by atoms with van der Waals surface area (Å²) in [5.41, 5.74) is 4.82. The molecule has 199 valence electrons. The third-order valence-electron chi connectivity index (χ3n) is 7.46. The molecule has 0 aliphatic carbocycles. The van der Waals surface area contributed by atoms with Gasteiger partial charge in [-0.05, 0) is 45.8 Å². The molecule has 41 heavy (non-hydrogen) atoms. The van der Waals surface area contributed by atoms with Gasteiger partial charge in [0, 0.05) is 56.9 Å². The van der Waals surface area contributed by atoms with Crippen molar-refractivity contribution in [2.75, 3.05) is 23.3 Å². The van der Waals surface area contributed by atoms with Crippen LogP contribution in [-0.4, -0.2) is 13.5 Å². The Morgan fingerprint density at radius 3 is 1.24 bits per heavy atom. The van der Waals surface area contributed by atoms with E-state index in [1.54, 1.807) is 0 Å². The molecule has 0 N–H and O–H groups in total. The molecule has 2 heterocycles. The maximum atomic E-state index is 5.91. The van der Waals surface area contributed by atoms with Crippen molar-refractivity contribution in [3.05, 3.63) is 145 Å². The van der Waals surface area contributed by atoms with Gasteiger partial charge in [0.25, 0.3) is 0 Å². The third kappa shape index (κ3) is 5.95. The van der Waals surface area contributed by atoms with Crippen LogP contribution in [-0.2, 0) is 45.8 Å². The van der Waals surface area contributed by atoms with Gasteiger partial charge in [0.05, 0.1) is 0 Å². The SMILES string of the molecule is [Y].[c-]1ccc(N2COc3cc4ccccc4cc3C2)cc1.[c-]1ccc(N2COc3cc4ccccc4cc3C2)cc1. The molecular formula is C36H28N2O2Y-2. The Bertz CT molecular complexity index is 1640. The molecule has 0 spiro atoms. The first kappa shape index (κ1) is 27.3. The van der Waals surface area contributed by atoms with Gasteiger partial charge in [0.2, 0.25) is 0 Å². The summed E-state index contributed by atoms with van der Waals surface area (Å²) in [5.74, 6) is 2.00. The number of anilines is 2. The summed E-state index contributed by atoms with van der Waals surface area (Å²) in [4.78, 5) is 4.45. The second-order valence-electron chi connectivity index (χ2n) is 10.1. The van der Waals surface area contributed by atoms with Gasteiger partial charge in [-0.15, -0.1) is 24.3 Å². The number of rotatable bonds is 2. The molecule has 0 fully saturated rings. The molecule has 0 saturated carbocycles. The van der Waals surface area contributed by atoms with Gasteiger partial charge in [-0.3, -0.25) is 0 Å². The molecule has 2 aliphatic heterocycles. The van der Waals surface area contributed by atoms with Crippen LogP contribution in [0.1, 0.15) is 11.1 Å². The summed E-state index contributed by atoms with van der Waals surface area (Å²) in [7, 11) is 0. The van der Waals surface area contributed by atoms with Crippen molar-refractivity contribution >= 4 is 32.9 Å². The van der Waals surface area contributed by atoms with Crippen LogP contribution in [0.5, 0.6) is 11.5 Å². The normalized spacial score (nSPS) is 13.6. The van der Waals surface area contributed by atoms with E-state index in [0.29, 0.717) is 13.5 Å². The Hall–Kier alpha value is -3.86. The minimum absolute atomic E-state index is 0. The standard InChI is InChI=1S/2C18H14NO.Y/c2*1-2-8-17(9-3-1)19-12-16-10-14-6-4-5-7-15(14)11-18(16)20-13-19;/h2*2-11H,12-13H2;/q2*-1;. The summed E-state index contributed by atoms with van der Waals surface area (Å²) in [6.45, 7) is 2.94. The third-order valence-corrected chi connectivity index (χ3v) is 7.46. The van der Waals surface area contributed by atoms with Gasteiger partial charge >= 0.3 is 0 Å². The maximum Gasteiger partial charge on any atom is 0.160 e. The Balaban J connectivity index is 0.000000144. The summed E-state index contributed by atoms with van der Waals surface area (Å²) in [6, 6.07) is 47.6. The molecule has 0 unspecified atom stereocenters. The van der Waals surface area contributed by atoms with Gasteiger partial charge in [-0.25, -0.2) is 0 Å². The predicted octanol–water partition coefficient (Wildman–Crippen LogP) is 7.99. The zero-order chi connectivity index (χ0) is 26.7. The van der Waals surface area contributed by atoms with Crippen LogP contribution in [0.15, 0.2) is 121 Å². The molecule has 6 aromatic rings. The number of hydrogen-bond acceptors (Lipinski definition) is 4. The van der Waals surface area contributed by atoms with Crippen LogP contribution in [0.4, 0.5) is 11.4 Å². The molecule has 2 aliphatic rings. The summed E-state index contributed by atoms with van der Waals surface area (Å²) >= 11 is 0. The van der Waals surface area contributed by atoms with Crippen LogP contribution >= 0.6 is 0 Å². The molecule has 4 nitrogen and oxygen atoms in total. The van der Waals surface area contributed by atoms with Crippen molar-refractivity contribution in [1.82, 2.24) is 0 Å². The fourth-order valence-corrected chi connectivity index (χ4v) is 5.36. The second kappa shape index (κ2) is 12.3. The van der Waals surface area contributed by atoms with Gasteiger partial charge in [-0.2, -0.15) is 36.4 Å². The van der Waals surface area contributed by atoms with Gasteiger partial charge in [0.15, 0.2) is 13.5 Å².